The van der Waals surface area contributed by atoms with Crippen molar-refractivity contribution in [1.29, 1.82) is 0 Å². The molecule has 168 valence electrons. The lowest BCUT2D eigenvalue weighted by Crippen LogP contribution is -2.47. The fourth-order valence-corrected chi connectivity index (χ4v) is 4.01. The monoisotopic (exact) mass is 423 g/mol. The fraction of sp³-hybridized carbons (Fsp3) is 0.480. The molecule has 2 amide bonds. The minimum absolute atomic E-state index is 0.0195. The second-order valence-electron chi connectivity index (χ2n) is 8.58. The van der Waals surface area contributed by atoms with Gasteiger partial charge in [-0.3, -0.25) is 4.90 Å². The standard InChI is InChI=1S/C25H37N5O/c1-28(2)21-24(23-12-7-4-8-13-23)27-25(31)26-14-9-15-29-16-18-30(19-17-29)20-22-10-5-3-6-11-22/h3-8,10-13,24H,9,14-21H2,1-2H3,(H2,26,27,31). The van der Waals surface area contributed by atoms with Gasteiger partial charge in [0.25, 0.3) is 0 Å². The smallest absolute Gasteiger partial charge is 0.315 e. The van der Waals surface area contributed by atoms with E-state index < -0.39 is 0 Å². The molecule has 1 fully saturated rings. The van der Waals surface area contributed by atoms with E-state index in [-0.39, 0.29) is 12.1 Å². The summed E-state index contributed by atoms with van der Waals surface area (Å²) in [6, 6.07) is 20.7. The van der Waals surface area contributed by atoms with Crippen LogP contribution in [0.15, 0.2) is 60.7 Å². The number of amides is 2. The van der Waals surface area contributed by atoms with Crippen molar-refractivity contribution in [3.8, 4) is 0 Å². The van der Waals surface area contributed by atoms with Gasteiger partial charge in [-0.2, -0.15) is 0 Å². The summed E-state index contributed by atoms with van der Waals surface area (Å²) in [4.78, 5) is 19.5. The molecule has 1 heterocycles. The molecule has 0 aliphatic carbocycles. The van der Waals surface area contributed by atoms with E-state index in [1.165, 1.54) is 5.56 Å². The highest BCUT2D eigenvalue weighted by Crippen LogP contribution is 2.13. The van der Waals surface area contributed by atoms with E-state index in [4.69, 9.17) is 0 Å². The first-order chi connectivity index (χ1) is 15.1. The molecule has 0 aromatic heterocycles. The van der Waals surface area contributed by atoms with E-state index >= 15 is 0 Å². The lowest BCUT2D eigenvalue weighted by molar-refractivity contribution is 0.126. The summed E-state index contributed by atoms with van der Waals surface area (Å²) in [5.74, 6) is 0. The summed E-state index contributed by atoms with van der Waals surface area (Å²) in [6.45, 7) is 7.92. The summed E-state index contributed by atoms with van der Waals surface area (Å²) in [6.07, 6.45) is 0.968. The molecule has 1 saturated heterocycles. The summed E-state index contributed by atoms with van der Waals surface area (Å²) >= 11 is 0. The van der Waals surface area contributed by atoms with Crippen LogP contribution in [0.2, 0.25) is 0 Å². The van der Waals surface area contributed by atoms with E-state index in [1.54, 1.807) is 0 Å². The van der Waals surface area contributed by atoms with Gasteiger partial charge in [0, 0.05) is 45.8 Å². The lowest BCUT2D eigenvalue weighted by Gasteiger charge is -2.34. The van der Waals surface area contributed by atoms with Crippen LogP contribution in [-0.4, -0.2) is 80.6 Å². The first kappa shape index (κ1) is 23.3. The maximum Gasteiger partial charge on any atom is 0.315 e. The SMILES string of the molecule is CN(C)CC(NC(=O)NCCCN1CCN(Cc2ccccc2)CC1)c1ccccc1. The van der Waals surface area contributed by atoms with E-state index in [0.29, 0.717) is 6.54 Å². The molecular weight excluding hydrogens is 386 g/mol. The Bertz CT molecular complexity index is 760. The normalized spacial score (nSPS) is 16.2. The molecule has 1 atom stereocenters. The van der Waals surface area contributed by atoms with Crippen LogP contribution in [0.3, 0.4) is 0 Å². The predicted molar refractivity (Wildman–Crippen MR) is 127 cm³/mol. The maximum atomic E-state index is 12.4. The van der Waals surface area contributed by atoms with E-state index in [9.17, 15) is 4.79 Å². The zero-order valence-electron chi connectivity index (χ0n) is 19.0. The van der Waals surface area contributed by atoms with Crippen molar-refractivity contribution >= 4 is 6.03 Å². The number of benzene rings is 2. The topological polar surface area (TPSA) is 50.9 Å². The third-order valence-electron chi connectivity index (χ3n) is 5.71. The van der Waals surface area contributed by atoms with Crippen LogP contribution in [0.25, 0.3) is 0 Å². The summed E-state index contributed by atoms with van der Waals surface area (Å²) in [5.41, 5.74) is 2.51. The van der Waals surface area contributed by atoms with Crippen LogP contribution in [-0.2, 0) is 6.54 Å². The number of hydrogen-bond donors (Lipinski definition) is 2. The average Bonchev–Trinajstić information content (AvgIpc) is 2.78. The molecule has 2 aromatic carbocycles. The Hall–Kier alpha value is -2.41. The lowest BCUT2D eigenvalue weighted by atomic mass is 10.1. The quantitative estimate of drug-likeness (QED) is 0.577. The van der Waals surface area contributed by atoms with Crippen molar-refractivity contribution in [1.82, 2.24) is 25.3 Å². The summed E-state index contributed by atoms with van der Waals surface area (Å²) in [7, 11) is 4.05. The molecule has 0 spiro atoms. The van der Waals surface area contributed by atoms with Crippen molar-refractivity contribution in [2.24, 2.45) is 0 Å². The molecule has 0 bridgehead atoms. The number of nitrogens with zero attached hydrogens (tertiary/aromatic N) is 3. The average molecular weight is 424 g/mol. The van der Waals surface area contributed by atoms with E-state index in [1.807, 2.05) is 32.3 Å². The minimum atomic E-state index is -0.0941. The number of urea groups is 1. The highest BCUT2D eigenvalue weighted by Gasteiger charge is 2.17. The predicted octanol–water partition coefficient (Wildman–Crippen LogP) is 2.80. The molecule has 1 unspecified atom stereocenters. The zero-order chi connectivity index (χ0) is 21.9. The molecule has 31 heavy (non-hydrogen) atoms. The molecule has 2 aromatic rings. The van der Waals surface area contributed by atoms with E-state index in [2.05, 4.69) is 67.8 Å². The van der Waals surface area contributed by atoms with Crippen molar-refractivity contribution in [2.45, 2.75) is 19.0 Å². The molecule has 1 aliphatic heterocycles. The maximum absolute atomic E-state index is 12.4. The third-order valence-corrected chi connectivity index (χ3v) is 5.71. The van der Waals surface area contributed by atoms with Gasteiger partial charge < -0.3 is 20.4 Å². The number of carbonyl (C=O) groups excluding carboxylic acids is 1. The van der Waals surface area contributed by atoms with Gasteiger partial charge >= 0.3 is 6.03 Å². The molecule has 6 nitrogen and oxygen atoms in total. The largest absolute Gasteiger partial charge is 0.338 e. The van der Waals surface area contributed by atoms with Crippen LogP contribution in [0.4, 0.5) is 4.79 Å². The Kier molecular flexibility index (Phi) is 9.34. The fourth-order valence-electron chi connectivity index (χ4n) is 4.01. The van der Waals surface area contributed by atoms with Crippen molar-refractivity contribution in [3.05, 3.63) is 71.8 Å². The Labute approximate surface area is 187 Å². The van der Waals surface area contributed by atoms with Gasteiger partial charge in [-0.1, -0.05) is 60.7 Å². The van der Waals surface area contributed by atoms with Crippen LogP contribution >= 0.6 is 0 Å². The zero-order valence-corrected chi connectivity index (χ0v) is 19.0. The van der Waals surface area contributed by atoms with Crippen LogP contribution < -0.4 is 10.6 Å². The van der Waals surface area contributed by atoms with Crippen molar-refractivity contribution in [3.63, 3.8) is 0 Å². The number of rotatable bonds is 10. The Balaban J connectivity index is 1.32. The Morgan fingerprint density at radius 3 is 2.19 bits per heavy atom. The number of carbonyl (C=O) groups is 1. The Morgan fingerprint density at radius 1 is 0.935 bits per heavy atom. The molecule has 1 aliphatic rings. The molecular formula is C25H37N5O. The second-order valence-corrected chi connectivity index (χ2v) is 8.58. The van der Waals surface area contributed by atoms with Gasteiger partial charge in [-0.15, -0.1) is 0 Å². The van der Waals surface area contributed by atoms with Crippen molar-refractivity contribution in [2.75, 3.05) is 59.9 Å². The molecule has 0 saturated carbocycles. The molecule has 6 heteroatoms. The van der Waals surface area contributed by atoms with Gasteiger partial charge in [0.2, 0.25) is 0 Å². The first-order valence-corrected chi connectivity index (χ1v) is 11.3. The van der Waals surface area contributed by atoms with Gasteiger partial charge in [0.05, 0.1) is 6.04 Å². The van der Waals surface area contributed by atoms with Gasteiger partial charge in [0.1, 0.15) is 0 Å². The molecule has 2 N–H and O–H groups in total. The second kappa shape index (κ2) is 12.4. The molecule has 0 radical (unpaired) electrons. The van der Waals surface area contributed by atoms with Crippen LogP contribution in [0.1, 0.15) is 23.6 Å². The highest BCUT2D eigenvalue weighted by atomic mass is 16.2. The summed E-state index contributed by atoms with van der Waals surface area (Å²) in [5, 5.41) is 6.15. The minimum Gasteiger partial charge on any atom is -0.338 e. The number of likely N-dealkylation sites (N-methyl/N-ethyl adjacent to an activating group) is 1. The summed E-state index contributed by atoms with van der Waals surface area (Å²) < 4.78 is 0. The third kappa shape index (κ3) is 8.32. The van der Waals surface area contributed by atoms with Gasteiger partial charge in [-0.05, 0) is 38.2 Å². The Morgan fingerprint density at radius 2 is 1.55 bits per heavy atom. The highest BCUT2D eigenvalue weighted by molar-refractivity contribution is 5.74. The van der Waals surface area contributed by atoms with Crippen LogP contribution in [0.5, 0.6) is 0 Å². The number of hydrogen-bond acceptors (Lipinski definition) is 4. The number of piperazine rings is 1. The van der Waals surface area contributed by atoms with Crippen molar-refractivity contribution < 1.29 is 4.79 Å². The number of nitrogens with one attached hydrogen (secondary N) is 2. The molecule has 3 rings (SSSR count). The van der Waals surface area contributed by atoms with Gasteiger partial charge in [-0.25, -0.2) is 4.79 Å². The van der Waals surface area contributed by atoms with Crippen LogP contribution in [0, 0.1) is 0 Å². The first-order valence-electron chi connectivity index (χ1n) is 11.3. The van der Waals surface area contributed by atoms with Gasteiger partial charge in [0.15, 0.2) is 0 Å². The van der Waals surface area contributed by atoms with E-state index in [0.717, 1.165) is 57.8 Å².